The van der Waals surface area contributed by atoms with Gasteiger partial charge in [0.1, 0.15) is 30.0 Å². The summed E-state index contributed by atoms with van der Waals surface area (Å²) in [6.07, 6.45) is 5.63. The Balaban J connectivity index is 1.05. The third-order valence-corrected chi connectivity index (χ3v) is 12.1. The number of imidazole rings is 2. The molecule has 8 rings (SSSR count). The maximum Gasteiger partial charge on any atom is 0.407 e. The summed E-state index contributed by atoms with van der Waals surface area (Å²) in [5.41, 5.74) is 6.75. The number of nitrogens with zero attached hydrogens (tertiary/aromatic N) is 4. The third-order valence-electron chi connectivity index (χ3n) is 12.1. The SMILES string of the molecule is C=CC1CC(c2nc3c(ccc4cc5c(cc43)OCc3cc(-c4cnc(C6CCC(C)N6C(=O)C(NC(=O)OC)C(C)C)[nH]4)ccc3-5)[nH]2)N(C(=O)CC(C)OC)C1. The lowest BCUT2D eigenvalue weighted by Crippen LogP contribution is -2.52. The van der Waals surface area contributed by atoms with Gasteiger partial charge < -0.3 is 39.3 Å². The molecule has 2 aromatic heterocycles. The Hall–Kier alpha value is -5.69. The number of nitrogens with one attached hydrogen (secondary N) is 3. The first-order chi connectivity index (χ1) is 27.5. The lowest BCUT2D eigenvalue weighted by atomic mass is 9.92. The number of H-pyrrole nitrogens is 2. The van der Waals surface area contributed by atoms with Crippen LogP contribution in [-0.4, -0.2) is 86.6 Å². The number of carbonyl (C=O) groups excluding carboxylic acids is 3. The van der Waals surface area contributed by atoms with Crippen molar-refractivity contribution >= 4 is 39.7 Å². The molecule has 0 spiro atoms. The molecule has 0 radical (unpaired) electrons. The first kappa shape index (κ1) is 38.2. The minimum absolute atomic E-state index is 0.00589. The van der Waals surface area contributed by atoms with Gasteiger partial charge in [0.2, 0.25) is 11.8 Å². The highest BCUT2D eigenvalue weighted by atomic mass is 16.5. The molecule has 0 bridgehead atoms. The Bertz CT molecular complexity index is 2370. The van der Waals surface area contributed by atoms with Gasteiger partial charge in [-0.25, -0.2) is 14.8 Å². The van der Waals surface area contributed by atoms with Crippen LogP contribution in [0.15, 0.2) is 61.3 Å². The molecular formula is C44H51N7O6. The normalized spacial score (nSPS) is 21.3. The molecule has 3 aliphatic heterocycles. The van der Waals surface area contributed by atoms with Crippen LogP contribution >= 0.6 is 0 Å². The van der Waals surface area contributed by atoms with Crippen molar-refractivity contribution in [2.24, 2.45) is 11.8 Å². The number of likely N-dealkylation sites (tertiary alicyclic amines) is 2. The summed E-state index contributed by atoms with van der Waals surface area (Å²) in [6, 6.07) is 13.6. The molecule has 3 N–H and O–H groups in total. The van der Waals surface area contributed by atoms with Gasteiger partial charge in [-0.15, -0.1) is 6.58 Å². The van der Waals surface area contributed by atoms with Crippen molar-refractivity contribution < 1.29 is 28.6 Å². The zero-order valence-corrected chi connectivity index (χ0v) is 33.4. The van der Waals surface area contributed by atoms with Gasteiger partial charge in [0.25, 0.3) is 0 Å². The fourth-order valence-electron chi connectivity index (χ4n) is 8.79. The number of aromatic nitrogens is 4. The molecule has 13 nitrogen and oxygen atoms in total. The molecule has 6 atom stereocenters. The second-order valence-corrected chi connectivity index (χ2v) is 16.1. The minimum atomic E-state index is -0.709. The molecule has 5 aromatic rings. The average Bonchev–Trinajstić information content (AvgIpc) is 4.03. The number of fused-ring (bicyclic) bond motifs is 6. The van der Waals surface area contributed by atoms with Crippen LogP contribution < -0.4 is 10.1 Å². The minimum Gasteiger partial charge on any atom is -0.488 e. The van der Waals surface area contributed by atoms with Gasteiger partial charge in [-0.2, -0.15) is 0 Å². The monoisotopic (exact) mass is 773 g/mol. The Morgan fingerprint density at radius 1 is 1.04 bits per heavy atom. The highest BCUT2D eigenvalue weighted by Gasteiger charge is 2.41. The predicted octanol–water partition coefficient (Wildman–Crippen LogP) is 7.60. The van der Waals surface area contributed by atoms with E-state index in [0.29, 0.717) is 19.6 Å². The van der Waals surface area contributed by atoms with Gasteiger partial charge >= 0.3 is 6.09 Å². The Morgan fingerprint density at radius 2 is 1.86 bits per heavy atom. The first-order valence-electron chi connectivity index (χ1n) is 19.9. The van der Waals surface area contributed by atoms with E-state index in [2.05, 4.69) is 64.3 Å². The van der Waals surface area contributed by atoms with E-state index in [1.165, 1.54) is 7.11 Å². The fraction of sp³-hybridized carbons (Fsp3) is 0.432. The average molecular weight is 774 g/mol. The highest BCUT2D eigenvalue weighted by molar-refractivity contribution is 6.07. The maximum absolute atomic E-state index is 13.8. The summed E-state index contributed by atoms with van der Waals surface area (Å²) < 4.78 is 16.6. The molecule has 3 aliphatic rings. The summed E-state index contributed by atoms with van der Waals surface area (Å²) >= 11 is 0. The molecule has 5 heterocycles. The Morgan fingerprint density at radius 3 is 2.61 bits per heavy atom. The highest BCUT2D eigenvalue weighted by Crippen LogP contribution is 2.44. The van der Waals surface area contributed by atoms with E-state index in [4.69, 9.17) is 24.2 Å². The van der Waals surface area contributed by atoms with Gasteiger partial charge in [0.15, 0.2) is 0 Å². The van der Waals surface area contributed by atoms with Crippen molar-refractivity contribution in [2.45, 2.75) is 90.3 Å². The van der Waals surface area contributed by atoms with Crippen LogP contribution in [0.5, 0.6) is 5.75 Å². The number of alkyl carbamates (subject to hydrolysis) is 1. The van der Waals surface area contributed by atoms with Gasteiger partial charge in [-0.1, -0.05) is 38.1 Å². The molecule has 6 unspecified atom stereocenters. The van der Waals surface area contributed by atoms with E-state index in [1.807, 2.05) is 49.8 Å². The van der Waals surface area contributed by atoms with E-state index >= 15 is 0 Å². The largest absolute Gasteiger partial charge is 0.488 e. The van der Waals surface area contributed by atoms with Gasteiger partial charge in [0, 0.05) is 30.6 Å². The fourth-order valence-corrected chi connectivity index (χ4v) is 8.79. The van der Waals surface area contributed by atoms with Crippen LogP contribution in [0.25, 0.3) is 44.2 Å². The Labute approximate surface area is 332 Å². The second kappa shape index (κ2) is 15.3. The van der Waals surface area contributed by atoms with Crippen LogP contribution in [0.4, 0.5) is 4.79 Å². The number of hydrogen-bond donors (Lipinski definition) is 3. The van der Waals surface area contributed by atoms with Crippen LogP contribution in [-0.2, 0) is 25.7 Å². The molecule has 2 fully saturated rings. The zero-order chi connectivity index (χ0) is 40.1. The number of aromatic amines is 2. The quantitative estimate of drug-likeness (QED) is 0.123. The van der Waals surface area contributed by atoms with Crippen molar-refractivity contribution in [1.82, 2.24) is 35.1 Å². The van der Waals surface area contributed by atoms with E-state index in [-0.39, 0.29) is 47.9 Å². The summed E-state index contributed by atoms with van der Waals surface area (Å²) in [7, 11) is 2.92. The summed E-state index contributed by atoms with van der Waals surface area (Å²) in [5, 5.41) is 4.76. The summed E-state index contributed by atoms with van der Waals surface area (Å²) in [6.45, 7) is 12.8. The van der Waals surface area contributed by atoms with Gasteiger partial charge in [-0.3, -0.25) is 9.59 Å². The lowest BCUT2D eigenvalue weighted by Gasteiger charge is -2.32. The van der Waals surface area contributed by atoms with Crippen molar-refractivity contribution in [2.75, 3.05) is 20.8 Å². The second-order valence-electron chi connectivity index (χ2n) is 16.1. The molecule has 298 valence electrons. The van der Waals surface area contributed by atoms with Crippen molar-refractivity contribution in [3.63, 3.8) is 0 Å². The van der Waals surface area contributed by atoms with Crippen LogP contribution in [0.1, 0.15) is 82.7 Å². The molecule has 13 heteroatoms. The van der Waals surface area contributed by atoms with Crippen LogP contribution in [0, 0.1) is 11.8 Å². The lowest BCUT2D eigenvalue weighted by molar-refractivity contribution is -0.137. The van der Waals surface area contributed by atoms with Gasteiger partial charge in [-0.05, 0) is 91.3 Å². The summed E-state index contributed by atoms with van der Waals surface area (Å²) in [4.78, 5) is 60.0. The van der Waals surface area contributed by atoms with Crippen molar-refractivity contribution in [3.05, 3.63) is 78.5 Å². The maximum atomic E-state index is 13.8. The number of carbonyl (C=O) groups is 3. The number of ether oxygens (including phenoxy) is 3. The smallest absolute Gasteiger partial charge is 0.407 e. The van der Waals surface area contributed by atoms with Gasteiger partial charge in [0.05, 0.1) is 54.6 Å². The third kappa shape index (κ3) is 7.02. The van der Waals surface area contributed by atoms with E-state index in [0.717, 1.165) is 86.4 Å². The molecule has 0 saturated carbocycles. The Kier molecular flexibility index (Phi) is 10.3. The molecular weight excluding hydrogens is 723 g/mol. The van der Waals surface area contributed by atoms with E-state index in [9.17, 15) is 14.4 Å². The van der Waals surface area contributed by atoms with Crippen molar-refractivity contribution in [1.29, 1.82) is 0 Å². The molecule has 3 amide bonds. The molecule has 3 aromatic carbocycles. The van der Waals surface area contributed by atoms with E-state index in [1.54, 1.807) is 7.11 Å². The topological polar surface area (TPSA) is 155 Å². The number of hydrogen-bond acceptors (Lipinski definition) is 8. The zero-order valence-electron chi connectivity index (χ0n) is 33.4. The predicted molar refractivity (Wildman–Crippen MR) is 217 cm³/mol. The molecule has 0 aliphatic carbocycles. The van der Waals surface area contributed by atoms with Crippen molar-refractivity contribution in [3.8, 4) is 28.1 Å². The number of amides is 3. The van der Waals surface area contributed by atoms with E-state index < -0.39 is 12.1 Å². The standard InChI is InChI=1S/C44H51N7O6/c1-8-26-16-36(50(21-26)38(52)15-25(5)55-6)42-46-33-13-11-27-18-32-30-12-10-28(17-29(30)22-57-37(32)19-31(27)40(33)48-42)34-20-45-41(47-34)35-14-9-24(4)51(35)43(53)39(23(2)3)49-44(54)56-7/h8,10-13,17-20,23-26,35-36,39H,1,9,14-16,21-22H2,2-7H3,(H,45,47)(H,46,48)(H,49,54). The molecule has 2 saturated heterocycles. The first-order valence-corrected chi connectivity index (χ1v) is 19.9. The van der Waals surface area contributed by atoms with Crippen LogP contribution in [0.2, 0.25) is 0 Å². The number of rotatable bonds is 10. The molecule has 57 heavy (non-hydrogen) atoms. The summed E-state index contributed by atoms with van der Waals surface area (Å²) in [5.74, 6) is 2.26. The number of methoxy groups -OCH3 is 2. The van der Waals surface area contributed by atoms with Crippen LogP contribution in [0.3, 0.4) is 0 Å². The number of benzene rings is 3.